The molecule has 0 fully saturated rings. The molecule has 0 saturated heterocycles. The lowest BCUT2D eigenvalue weighted by atomic mass is 10.1. The summed E-state index contributed by atoms with van der Waals surface area (Å²) in [7, 11) is -3.96. The summed E-state index contributed by atoms with van der Waals surface area (Å²) in [5.74, 6) is -3.94. The molecule has 33 heavy (non-hydrogen) atoms. The van der Waals surface area contributed by atoms with Crippen LogP contribution < -0.4 is 4.31 Å². The zero-order valence-electron chi connectivity index (χ0n) is 17.5. The standard InChI is InChI=1S/C24H19F2NO5S/c1-15-11-16-5-2-3-8-22(16)27(15)33(30,31)19-7-4-6-18(12-19)24(29)32-14-23(28)17-9-10-20(25)21(26)13-17/h2-10,12-13,15H,11,14H2,1H3/t15-/m0/s1. The fraction of sp³-hybridized carbons (Fsp3) is 0.167. The number of sulfonamides is 1. The summed E-state index contributed by atoms with van der Waals surface area (Å²) < 4.78 is 59.3. The van der Waals surface area contributed by atoms with Crippen LogP contribution in [-0.2, 0) is 21.2 Å². The predicted octanol–water partition coefficient (Wildman–Crippen LogP) is 4.14. The van der Waals surface area contributed by atoms with Gasteiger partial charge in [0.15, 0.2) is 24.0 Å². The number of halogens is 2. The molecular formula is C24H19F2NO5S. The number of hydrogen-bond acceptors (Lipinski definition) is 5. The van der Waals surface area contributed by atoms with Crippen LogP contribution in [0.2, 0.25) is 0 Å². The Bertz CT molecular complexity index is 1360. The van der Waals surface area contributed by atoms with Crippen LogP contribution in [-0.4, -0.2) is 32.8 Å². The zero-order chi connectivity index (χ0) is 23.8. The van der Waals surface area contributed by atoms with Gasteiger partial charge in [-0.2, -0.15) is 0 Å². The van der Waals surface area contributed by atoms with Crippen LogP contribution in [0.3, 0.4) is 0 Å². The molecule has 0 saturated carbocycles. The molecule has 0 aliphatic carbocycles. The summed E-state index contributed by atoms with van der Waals surface area (Å²) in [5.41, 5.74) is 1.30. The van der Waals surface area contributed by atoms with E-state index >= 15 is 0 Å². The normalized spacial score (nSPS) is 15.2. The Hall–Kier alpha value is -3.59. The Labute approximate surface area is 189 Å². The number of carbonyl (C=O) groups excluding carboxylic acids is 2. The summed E-state index contributed by atoms with van der Waals surface area (Å²) >= 11 is 0. The molecule has 0 unspecified atom stereocenters. The zero-order valence-corrected chi connectivity index (χ0v) is 18.3. The number of nitrogens with zero attached hydrogens (tertiary/aromatic N) is 1. The molecule has 0 radical (unpaired) electrons. The number of ether oxygens (including phenoxy) is 1. The topological polar surface area (TPSA) is 80.8 Å². The second-order valence-corrected chi connectivity index (χ2v) is 9.45. The number of ketones is 1. The van der Waals surface area contributed by atoms with Gasteiger partial charge < -0.3 is 4.74 Å². The Morgan fingerprint density at radius 1 is 0.970 bits per heavy atom. The minimum Gasteiger partial charge on any atom is -0.454 e. The van der Waals surface area contributed by atoms with E-state index in [1.807, 2.05) is 12.1 Å². The summed E-state index contributed by atoms with van der Waals surface area (Å²) in [6.07, 6.45) is 0.573. The third kappa shape index (κ3) is 4.36. The minimum absolute atomic E-state index is 0.0608. The fourth-order valence-electron chi connectivity index (χ4n) is 3.77. The van der Waals surface area contributed by atoms with Gasteiger partial charge >= 0.3 is 5.97 Å². The number of rotatable bonds is 6. The molecule has 0 aromatic heterocycles. The van der Waals surface area contributed by atoms with Gasteiger partial charge in [-0.05, 0) is 61.4 Å². The largest absolute Gasteiger partial charge is 0.454 e. The van der Waals surface area contributed by atoms with Crippen LogP contribution in [0.25, 0.3) is 0 Å². The van der Waals surface area contributed by atoms with E-state index in [2.05, 4.69) is 0 Å². The maximum atomic E-state index is 13.3. The maximum absolute atomic E-state index is 13.3. The molecule has 9 heteroatoms. The number of esters is 1. The Morgan fingerprint density at radius 3 is 2.48 bits per heavy atom. The van der Waals surface area contributed by atoms with Crippen LogP contribution in [0.5, 0.6) is 0 Å². The first kappa shape index (κ1) is 22.6. The molecule has 6 nitrogen and oxygen atoms in total. The molecule has 1 aliphatic heterocycles. The Kier molecular flexibility index (Phi) is 5.99. The summed E-state index contributed by atoms with van der Waals surface area (Å²) in [4.78, 5) is 24.5. The van der Waals surface area contributed by atoms with Gasteiger partial charge in [-0.25, -0.2) is 22.0 Å². The highest BCUT2D eigenvalue weighted by atomic mass is 32.2. The van der Waals surface area contributed by atoms with Gasteiger partial charge in [-0.1, -0.05) is 24.3 Å². The van der Waals surface area contributed by atoms with Crippen molar-refractivity contribution in [3.8, 4) is 0 Å². The molecule has 0 amide bonds. The summed E-state index contributed by atoms with van der Waals surface area (Å²) in [6, 6.07) is 14.9. The number of Topliss-reactive ketones (excluding diaryl/α,β-unsaturated/α-hetero) is 1. The van der Waals surface area contributed by atoms with Crippen LogP contribution in [0.15, 0.2) is 71.6 Å². The van der Waals surface area contributed by atoms with Crippen molar-refractivity contribution in [2.45, 2.75) is 24.3 Å². The molecule has 3 aromatic carbocycles. The minimum atomic E-state index is -3.96. The second-order valence-electron chi connectivity index (χ2n) is 7.64. The van der Waals surface area contributed by atoms with Crippen molar-refractivity contribution in [1.29, 1.82) is 0 Å². The van der Waals surface area contributed by atoms with E-state index in [0.717, 1.165) is 17.7 Å². The van der Waals surface area contributed by atoms with Crippen molar-refractivity contribution in [3.05, 3.63) is 95.1 Å². The van der Waals surface area contributed by atoms with Crippen molar-refractivity contribution >= 4 is 27.5 Å². The molecule has 4 rings (SSSR count). The Balaban J connectivity index is 1.52. The smallest absolute Gasteiger partial charge is 0.338 e. The monoisotopic (exact) mass is 471 g/mol. The van der Waals surface area contributed by atoms with Crippen LogP contribution >= 0.6 is 0 Å². The molecule has 0 N–H and O–H groups in total. The van der Waals surface area contributed by atoms with Gasteiger partial charge in [0.25, 0.3) is 10.0 Å². The van der Waals surface area contributed by atoms with Gasteiger partial charge in [-0.15, -0.1) is 0 Å². The van der Waals surface area contributed by atoms with E-state index in [1.165, 1.54) is 28.6 Å². The van der Waals surface area contributed by atoms with Crippen molar-refractivity contribution in [1.82, 2.24) is 0 Å². The number of para-hydroxylation sites is 1. The average Bonchev–Trinajstić information content (AvgIpc) is 3.15. The predicted molar refractivity (Wildman–Crippen MR) is 117 cm³/mol. The number of fused-ring (bicyclic) bond motifs is 1. The van der Waals surface area contributed by atoms with E-state index < -0.39 is 40.0 Å². The lowest BCUT2D eigenvalue weighted by Gasteiger charge is -2.24. The number of hydrogen-bond donors (Lipinski definition) is 0. The molecule has 170 valence electrons. The lowest BCUT2D eigenvalue weighted by molar-refractivity contribution is 0.0474. The molecular weight excluding hydrogens is 452 g/mol. The van der Waals surface area contributed by atoms with Gasteiger partial charge in [-0.3, -0.25) is 9.10 Å². The van der Waals surface area contributed by atoms with Crippen molar-refractivity contribution in [2.24, 2.45) is 0 Å². The molecule has 0 spiro atoms. The molecule has 0 bridgehead atoms. The summed E-state index contributed by atoms with van der Waals surface area (Å²) in [6.45, 7) is 1.09. The lowest BCUT2D eigenvalue weighted by Crippen LogP contribution is -2.35. The molecule has 1 aliphatic rings. The first-order chi connectivity index (χ1) is 15.7. The van der Waals surface area contributed by atoms with Crippen molar-refractivity contribution < 1.29 is 31.5 Å². The van der Waals surface area contributed by atoms with E-state index in [-0.39, 0.29) is 22.1 Å². The first-order valence-electron chi connectivity index (χ1n) is 10.1. The first-order valence-corrected chi connectivity index (χ1v) is 11.5. The van der Waals surface area contributed by atoms with Crippen LogP contribution in [0.1, 0.15) is 33.2 Å². The number of anilines is 1. The highest BCUT2D eigenvalue weighted by Gasteiger charge is 2.36. The Morgan fingerprint density at radius 2 is 1.73 bits per heavy atom. The van der Waals surface area contributed by atoms with Crippen LogP contribution in [0, 0.1) is 11.6 Å². The SMILES string of the molecule is C[C@H]1Cc2ccccc2N1S(=O)(=O)c1cccc(C(=O)OCC(=O)c2ccc(F)c(F)c2)c1. The van der Waals surface area contributed by atoms with Gasteiger partial charge in [0.2, 0.25) is 0 Å². The van der Waals surface area contributed by atoms with E-state index in [1.54, 1.807) is 19.1 Å². The van der Waals surface area contributed by atoms with Gasteiger partial charge in [0.05, 0.1) is 16.1 Å². The number of carbonyl (C=O) groups is 2. The van der Waals surface area contributed by atoms with E-state index in [0.29, 0.717) is 18.2 Å². The van der Waals surface area contributed by atoms with Gasteiger partial charge in [0, 0.05) is 11.6 Å². The van der Waals surface area contributed by atoms with Crippen molar-refractivity contribution in [2.75, 3.05) is 10.9 Å². The van der Waals surface area contributed by atoms with E-state index in [9.17, 15) is 26.8 Å². The third-order valence-corrected chi connectivity index (χ3v) is 7.27. The highest BCUT2D eigenvalue weighted by Crippen LogP contribution is 2.36. The van der Waals surface area contributed by atoms with Crippen molar-refractivity contribution in [3.63, 3.8) is 0 Å². The third-order valence-electron chi connectivity index (χ3n) is 5.35. The van der Waals surface area contributed by atoms with Crippen LogP contribution in [0.4, 0.5) is 14.5 Å². The quantitative estimate of drug-likeness (QED) is 0.399. The molecule has 3 aromatic rings. The molecule has 1 atom stereocenters. The molecule has 1 heterocycles. The number of benzene rings is 3. The van der Waals surface area contributed by atoms with Gasteiger partial charge in [0.1, 0.15) is 0 Å². The van der Waals surface area contributed by atoms with E-state index in [4.69, 9.17) is 4.74 Å². The highest BCUT2D eigenvalue weighted by molar-refractivity contribution is 7.92. The maximum Gasteiger partial charge on any atom is 0.338 e. The fourth-order valence-corrected chi connectivity index (χ4v) is 5.51. The average molecular weight is 471 g/mol. The summed E-state index contributed by atoms with van der Waals surface area (Å²) in [5, 5.41) is 0. The second kappa shape index (κ2) is 8.74.